The Labute approximate surface area is 85.5 Å². The molecule has 1 aromatic rings. The fourth-order valence-corrected chi connectivity index (χ4v) is 2.23. The number of aryl methyl sites for hydroxylation is 2. The molecule has 2 heterocycles. The molecule has 2 rings (SSSR count). The molecule has 0 saturated carbocycles. The van der Waals surface area contributed by atoms with Gasteiger partial charge in [0.25, 0.3) is 0 Å². The molecule has 3 nitrogen and oxygen atoms in total. The molecule has 0 aromatic carbocycles. The Kier molecular flexibility index (Phi) is 2.87. The highest BCUT2D eigenvalue weighted by Crippen LogP contribution is 2.15. The van der Waals surface area contributed by atoms with Crippen LogP contribution in [0.4, 0.5) is 0 Å². The van der Waals surface area contributed by atoms with Gasteiger partial charge in [0.05, 0.1) is 6.20 Å². The first-order valence-corrected chi connectivity index (χ1v) is 5.54. The minimum absolute atomic E-state index is 0.677. The molecule has 0 aliphatic carbocycles. The maximum absolute atomic E-state index is 4.32. The van der Waals surface area contributed by atoms with Gasteiger partial charge in [-0.05, 0) is 31.4 Å². The predicted octanol–water partition coefficient (Wildman–Crippen LogP) is 1.28. The van der Waals surface area contributed by atoms with Crippen molar-refractivity contribution in [1.82, 2.24) is 15.1 Å². The lowest BCUT2D eigenvalue weighted by Gasteiger charge is -2.11. The average Bonchev–Trinajstić information content (AvgIpc) is 2.79. The highest BCUT2D eigenvalue weighted by atomic mass is 15.3. The van der Waals surface area contributed by atoms with E-state index in [0.29, 0.717) is 6.04 Å². The van der Waals surface area contributed by atoms with Gasteiger partial charge in [0.15, 0.2) is 0 Å². The summed E-state index contributed by atoms with van der Waals surface area (Å²) in [7, 11) is 2.05. The van der Waals surface area contributed by atoms with Crippen molar-refractivity contribution < 1.29 is 0 Å². The molecule has 3 heteroatoms. The van der Waals surface area contributed by atoms with Crippen molar-refractivity contribution in [2.75, 3.05) is 6.54 Å². The standard InChI is InChI=1S/C11H19N3/c1-3-9-8-13-14(2)11(9)7-10-5-4-6-12-10/h8,10,12H,3-7H2,1-2H3. The summed E-state index contributed by atoms with van der Waals surface area (Å²) in [5, 5.41) is 7.85. The molecule has 78 valence electrons. The summed E-state index contributed by atoms with van der Waals surface area (Å²) in [5.74, 6) is 0. The van der Waals surface area contributed by atoms with Crippen LogP contribution in [0.5, 0.6) is 0 Å². The summed E-state index contributed by atoms with van der Waals surface area (Å²) in [6.07, 6.45) is 6.87. The molecular weight excluding hydrogens is 174 g/mol. The van der Waals surface area contributed by atoms with E-state index in [9.17, 15) is 0 Å². The van der Waals surface area contributed by atoms with E-state index in [2.05, 4.69) is 17.3 Å². The van der Waals surface area contributed by atoms with E-state index in [-0.39, 0.29) is 0 Å². The molecule has 1 aromatic heterocycles. The van der Waals surface area contributed by atoms with Gasteiger partial charge in [0.2, 0.25) is 0 Å². The minimum atomic E-state index is 0.677. The summed E-state index contributed by atoms with van der Waals surface area (Å²) < 4.78 is 2.03. The Morgan fingerprint density at radius 2 is 2.50 bits per heavy atom. The third-order valence-electron chi connectivity index (χ3n) is 3.13. The van der Waals surface area contributed by atoms with E-state index in [1.165, 1.54) is 30.6 Å². The Bertz CT molecular complexity index is 297. The first-order chi connectivity index (χ1) is 6.81. The van der Waals surface area contributed by atoms with Gasteiger partial charge in [-0.15, -0.1) is 0 Å². The van der Waals surface area contributed by atoms with Crippen LogP contribution in [0.3, 0.4) is 0 Å². The van der Waals surface area contributed by atoms with E-state index in [0.717, 1.165) is 12.8 Å². The van der Waals surface area contributed by atoms with Crippen molar-refractivity contribution in [2.24, 2.45) is 7.05 Å². The first kappa shape index (κ1) is 9.71. The molecule has 1 saturated heterocycles. The zero-order valence-corrected chi connectivity index (χ0v) is 9.08. The summed E-state index contributed by atoms with van der Waals surface area (Å²) in [4.78, 5) is 0. The van der Waals surface area contributed by atoms with Crippen LogP contribution in [-0.4, -0.2) is 22.4 Å². The quantitative estimate of drug-likeness (QED) is 0.783. The van der Waals surface area contributed by atoms with Gasteiger partial charge in [-0.3, -0.25) is 4.68 Å². The lowest BCUT2D eigenvalue weighted by atomic mass is 10.1. The number of aromatic nitrogens is 2. The smallest absolute Gasteiger partial charge is 0.0524 e. The molecule has 0 radical (unpaired) electrons. The maximum Gasteiger partial charge on any atom is 0.0524 e. The second-order valence-electron chi connectivity index (χ2n) is 4.09. The largest absolute Gasteiger partial charge is 0.314 e. The normalized spacial score (nSPS) is 21.7. The third kappa shape index (κ3) is 1.82. The van der Waals surface area contributed by atoms with Gasteiger partial charge in [-0.2, -0.15) is 5.10 Å². The second-order valence-corrected chi connectivity index (χ2v) is 4.09. The SMILES string of the molecule is CCc1cnn(C)c1CC1CCCN1. The van der Waals surface area contributed by atoms with Crippen molar-refractivity contribution in [1.29, 1.82) is 0 Å². The van der Waals surface area contributed by atoms with Crippen molar-refractivity contribution in [3.05, 3.63) is 17.5 Å². The lowest BCUT2D eigenvalue weighted by molar-refractivity contribution is 0.568. The monoisotopic (exact) mass is 193 g/mol. The number of hydrogen-bond donors (Lipinski definition) is 1. The lowest BCUT2D eigenvalue weighted by Crippen LogP contribution is -2.25. The molecule has 0 amide bonds. The van der Waals surface area contributed by atoms with Gasteiger partial charge in [0.1, 0.15) is 0 Å². The van der Waals surface area contributed by atoms with Crippen LogP contribution < -0.4 is 5.32 Å². The van der Waals surface area contributed by atoms with Gasteiger partial charge in [0, 0.05) is 25.2 Å². The summed E-state index contributed by atoms with van der Waals surface area (Å²) in [5.41, 5.74) is 2.81. The van der Waals surface area contributed by atoms with Crippen LogP contribution in [0.25, 0.3) is 0 Å². The Morgan fingerprint density at radius 1 is 1.64 bits per heavy atom. The number of nitrogens with zero attached hydrogens (tertiary/aromatic N) is 2. The van der Waals surface area contributed by atoms with Crippen molar-refractivity contribution >= 4 is 0 Å². The van der Waals surface area contributed by atoms with Crippen LogP contribution in [-0.2, 0) is 19.9 Å². The van der Waals surface area contributed by atoms with Gasteiger partial charge >= 0.3 is 0 Å². The number of hydrogen-bond acceptors (Lipinski definition) is 2. The summed E-state index contributed by atoms with van der Waals surface area (Å²) in [6.45, 7) is 3.38. The van der Waals surface area contributed by atoms with Crippen LogP contribution >= 0.6 is 0 Å². The van der Waals surface area contributed by atoms with Crippen LogP contribution in [0.15, 0.2) is 6.20 Å². The maximum atomic E-state index is 4.32. The molecular formula is C11H19N3. The van der Waals surface area contributed by atoms with E-state index < -0.39 is 0 Å². The Balaban J connectivity index is 2.09. The molecule has 0 bridgehead atoms. The molecule has 1 atom stereocenters. The zero-order chi connectivity index (χ0) is 9.97. The molecule has 1 N–H and O–H groups in total. The average molecular weight is 193 g/mol. The second kappa shape index (κ2) is 4.13. The Hall–Kier alpha value is -0.830. The topological polar surface area (TPSA) is 29.9 Å². The van der Waals surface area contributed by atoms with E-state index >= 15 is 0 Å². The van der Waals surface area contributed by atoms with Crippen LogP contribution in [0, 0.1) is 0 Å². The summed E-state index contributed by atoms with van der Waals surface area (Å²) >= 11 is 0. The molecule has 0 spiro atoms. The van der Waals surface area contributed by atoms with E-state index in [4.69, 9.17) is 0 Å². The third-order valence-corrected chi connectivity index (χ3v) is 3.13. The van der Waals surface area contributed by atoms with Gasteiger partial charge in [-0.1, -0.05) is 6.92 Å². The van der Waals surface area contributed by atoms with Crippen LogP contribution in [0.1, 0.15) is 31.0 Å². The summed E-state index contributed by atoms with van der Waals surface area (Å²) in [6, 6.07) is 0.677. The minimum Gasteiger partial charge on any atom is -0.314 e. The van der Waals surface area contributed by atoms with Crippen molar-refractivity contribution in [3.8, 4) is 0 Å². The molecule has 1 aliphatic heterocycles. The highest BCUT2D eigenvalue weighted by molar-refractivity contribution is 5.18. The van der Waals surface area contributed by atoms with Crippen molar-refractivity contribution in [2.45, 2.75) is 38.6 Å². The molecule has 14 heavy (non-hydrogen) atoms. The molecule has 1 unspecified atom stereocenters. The first-order valence-electron chi connectivity index (χ1n) is 5.54. The fourth-order valence-electron chi connectivity index (χ4n) is 2.23. The van der Waals surface area contributed by atoms with Gasteiger partial charge < -0.3 is 5.32 Å². The Morgan fingerprint density at radius 3 is 3.14 bits per heavy atom. The predicted molar refractivity (Wildman–Crippen MR) is 57.3 cm³/mol. The molecule has 1 fully saturated rings. The van der Waals surface area contributed by atoms with Gasteiger partial charge in [-0.25, -0.2) is 0 Å². The van der Waals surface area contributed by atoms with E-state index in [1.54, 1.807) is 0 Å². The fraction of sp³-hybridized carbons (Fsp3) is 0.727. The number of rotatable bonds is 3. The number of nitrogens with one attached hydrogen (secondary N) is 1. The van der Waals surface area contributed by atoms with Crippen LogP contribution in [0.2, 0.25) is 0 Å². The zero-order valence-electron chi connectivity index (χ0n) is 9.08. The van der Waals surface area contributed by atoms with Crippen molar-refractivity contribution in [3.63, 3.8) is 0 Å². The molecule has 1 aliphatic rings. The highest BCUT2D eigenvalue weighted by Gasteiger charge is 2.17. The van der Waals surface area contributed by atoms with E-state index in [1.807, 2.05) is 17.9 Å².